The number of carbonyl (C=O) groups excluding carboxylic acids is 2. The van der Waals surface area contributed by atoms with E-state index in [2.05, 4.69) is 17.1 Å². The standard InChI is InChI=1S/C29H44N4O6/c1-3-4-13-31(15-7-12-30-2)27(35)19-33-18-22(21-9-10-24-25(17-21)39-20-38-24)28(29(36)37)23(33)11-16-32-14-6-5-8-26(32)34/h9-10,17,22-23,28,30H,3-8,11-16,18-20H2,1-2H3,(H,36,37)/t22-,23+,28?/m1/s1. The van der Waals surface area contributed by atoms with E-state index < -0.39 is 11.9 Å². The van der Waals surface area contributed by atoms with E-state index in [1.165, 1.54) is 0 Å². The van der Waals surface area contributed by atoms with Crippen LogP contribution in [0.5, 0.6) is 11.5 Å². The molecule has 0 saturated carbocycles. The van der Waals surface area contributed by atoms with Gasteiger partial charge in [0.1, 0.15) is 0 Å². The maximum atomic E-state index is 13.6. The van der Waals surface area contributed by atoms with E-state index in [4.69, 9.17) is 9.47 Å². The molecule has 39 heavy (non-hydrogen) atoms. The molecule has 0 aromatic heterocycles. The second kappa shape index (κ2) is 14.0. The van der Waals surface area contributed by atoms with E-state index in [1.54, 1.807) is 0 Å². The molecule has 3 atom stereocenters. The number of fused-ring (bicyclic) bond motifs is 1. The van der Waals surface area contributed by atoms with Gasteiger partial charge in [0.15, 0.2) is 11.5 Å². The molecule has 10 nitrogen and oxygen atoms in total. The molecule has 2 amide bonds. The van der Waals surface area contributed by atoms with E-state index in [-0.39, 0.29) is 37.1 Å². The van der Waals surface area contributed by atoms with Crippen molar-refractivity contribution in [3.05, 3.63) is 23.8 Å². The van der Waals surface area contributed by atoms with Crippen LogP contribution in [0.25, 0.3) is 0 Å². The number of amides is 2. The van der Waals surface area contributed by atoms with Crippen LogP contribution in [0, 0.1) is 5.92 Å². The Morgan fingerprint density at radius 3 is 2.69 bits per heavy atom. The van der Waals surface area contributed by atoms with E-state index >= 15 is 0 Å². The summed E-state index contributed by atoms with van der Waals surface area (Å²) in [7, 11) is 1.91. The van der Waals surface area contributed by atoms with Crippen molar-refractivity contribution in [2.45, 2.75) is 63.8 Å². The lowest BCUT2D eigenvalue weighted by atomic mass is 9.84. The van der Waals surface area contributed by atoms with Crippen molar-refractivity contribution < 1.29 is 29.0 Å². The molecule has 2 saturated heterocycles. The Labute approximate surface area is 231 Å². The number of nitrogens with zero attached hydrogens (tertiary/aromatic N) is 3. The zero-order chi connectivity index (χ0) is 27.8. The predicted octanol–water partition coefficient (Wildman–Crippen LogP) is 2.52. The van der Waals surface area contributed by atoms with Crippen molar-refractivity contribution in [1.29, 1.82) is 0 Å². The molecule has 1 aromatic rings. The smallest absolute Gasteiger partial charge is 0.308 e. The second-order valence-electron chi connectivity index (χ2n) is 10.9. The third-order valence-electron chi connectivity index (χ3n) is 8.30. The second-order valence-corrected chi connectivity index (χ2v) is 10.9. The molecule has 3 aliphatic rings. The average molecular weight is 545 g/mol. The van der Waals surface area contributed by atoms with Gasteiger partial charge in [-0.1, -0.05) is 19.4 Å². The average Bonchev–Trinajstić information content (AvgIpc) is 3.54. The fraction of sp³-hybridized carbons (Fsp3) is 0.690. The van der Waals surface area contributed by atoms with Gasteiger partial charge in [0.25, 0.3) is 0 Å². The van der Waals surface area contributed by atoms with E-state index in [0.29, 0.717) is 57.1 Å². The van der Waals surface area contributed by atoms with E-state index in [9.17, 15) is 19.5 Å². The summed E-state index contributed by atoms with van der Waals surface area (Å²) in [5.74, 6) is -0.433. The van der Waals surface area contributed by atoms with Gasteiger partial charge in [-0.05, 0) is 63.4 Å². The van der Waals surface area contributed by atoms with Crippen LogP contribution in [-0.2, 0) is 14.4 Å². The molecule has 2 N–H and O–H groups in total. The summed E-state index contributed by atoms with van der Waals surface area (Å²) in [6, 6.07) is 5.27. The Bertz CT molecular complexity index is 1000. The van der Waals surface area contributed by atoms with Gasteiger partial charge in [-0.25, -0.2) is 0 Å². The van der Waals surface area contributed by atoms with Crippen LogP contribution in [0.2, 0.25) is 0 Å². The third kappa shape index (κ3) is 7.22. The summed E-state index contributed by atoms with van der Waals surface area (Å²) in [6.45, 7) is 6.33. The molecule has 2 fully saturated rings. The Morgan fingerprint density at radius 1 is 1.15 bits per heavy atom. The number of hydrogen-bond donors (Lipinski definition) is 2. The number of nitrogens with one attached hydrogen (secondary N) is 1. The molecular weight excluding hydrogens is 500 g/mol. The van der Waals surface area contributed by atoms with Crippen molar-refractivity contribution in [3.8, 4) is 11.5 Å². The van der Waals surface area contributed by atoms with Crippen LogP contribution in [0.4, 0.5) is 0 Å². The van der Waals surface area contributed by atoms with Crippen molar-refractivity contribution >= 4 is 17.8 Å². The number of rotatable bonds is 14. The number of carboxylic acid groups (broad SMARTS) is 1. The summed E-state index contributed by atoms with van der Waals surface area (Å²) in [4.78, 5) is 44.7. The number of unbranched alkanes of at least 4 members (excludes halogenated alkanes) is 1. The van der Waals surface area contributed by atoms with E-state index in [1.807, 2.05) is 35.0 Å². The molecule has 10 heteroatoms. The highest BCUT2D eigenvalue weighted by molar-refractivity contribution is 5.79. The van der Waals surface area contributed by atoms with Gasteiger partial charge >= 0.3 is 5.97 Å². The third-order valence-corrected chi connectivity index (χ3v) is 8.30. The normalized spacial score (nSPS) is 22.9. The van der Waals surface area contributed by atoms with Gasteiger partial charge in [-0.15, -0.1) is 0 Å². The Morgan fingerprint density at radius 2 is 1.95 bits per heavy atom. The van der Waals surface area contributed by atoms with Crippen LogP contribution in [0.3, 0.4) is 0 Å². The summed E-state index contributed by atoms with van der Waals surface area (Å²) in [5, 5.41) is 13.6. The van der Waals surface area contributed by atoms with Gasteiger partial charge in [0.05, 0.1) is 12.5 Å². The molecule has 0 bridgehead atoms. The monoisotopic (exact) mass is 544 g/mol. The van der Waals surface area contributed by atoms with Crippen molar-refractivity contribution in [3.63, 3.8) is 0 Å². The molecule has 3 aliphatic heterocycles. The number of carboxylic acids is 1. The minimum atomic E-state index is -0.876. The first-order valence-corrected chi connectivity index (χ1v) is 14.5. The Hall–Kier alpha value is -2.85. The first-order chi connectivity index (χ1) is 18.9. The molecule has 1 aromatic carbocycles. The molecule has 0 radical (unpaired) electrons. The molecular formula is C29H44N4O6. The molecule has 216 valence electrons. The Kier molecular flexibility index (Phi) is 10.4. The van der Waals surface area contributed by atoms with Crippen molar-refractivity contribution in [2.75, 3.05) is 59.7 Å². The van der Waals surface area contributed by atoms with Gasteiger partial charge in [0, 0.05) is 51.1 Å². The lowest BCUT2D eigenvalue weighted by Gasteiger charge is -2.32. The number of carbonyl (C=O) groups is 3. The molecule has 3 heterocycles. The molecule has 0 aliphatic carbocycles. The zero-order valence-electron chi connectivity index (χ0n) is 23.4. The minimum absolute atomic E-state index is 0.0362. The molecule has 0 spiro atoms. The van der Waals surface area contributed by atoms with Gasteiger partial charge in [0.2, 0.25) is 18.6 Å². The lowest BCUT2D eigenvalue weighted by molar-refractivity contribution is -0.144. The zero-order valence-corrected chi connectivity index (χ0v) is 23.4. The fourth-order valence-electron chi connectivity index (χ4n) is 6.15. The number of hydrogen-bond acceptors (Lipinski definition) is 7. The predicted molar refractivity (Wildman–Crippen MR) is 147 cm³/mol. The summed E-state index contributed by atoms with van der Waals surface area (Å²) in [6.07, 6.45) is 5.75. The fourth-order valence-corrected chi connectivity index (χ4v) is 6.15. The Balaban J connectivity index is 1.56. The number of piperidine rings is 1. The van der Waals surface area contributed by atoms with Crippen LogP contribution >= 0.6 is 0 Å². The topological polar surface area (TPSA) is 112 Å². The number of ether oxygens (including phenoxy) is 2. The molecule has 4 rings (SSSR count). The maximum absolute atomic E-state index is 13.6. The van der Waals surface area contributed by atoms with Crippen LogP contribution < -0.4 is 14.8 Å². The first kappa shape index (κ1) is 29.1. The van der Waals surface area contributed by atoms with Crippen molar-refractivity contribution in [1.82, 2.24) is 20.0 Å². The van der Waals surface area contributed by atoms with Crippen LogP contribution in [0.1, 0.15) is 63.4 Å². The van der Waals surface area contributed by atoms with E-state index in [0.717, 1.165) is 44.2 Å². The largest absolute Gasteiger partial charge is 0.481 e. The number of aliphatic carboxylic acids is 1. The minimum Gasteiger partial charge on any atom is -0.481 e. The van der Waals surface area contributed by atoms with Gasteiger partial charge in [-0.3, -0.25) is 19.3 Å². The van der Waals surface area contributed by atoms with Crippen LogP contribution in [-0.4, -0.2) is 103 Å². The van der Waals surface area contributed by atoms with Crippen LogP contribution in [0.15, 0.2) is 18.2 Å². The SMILES string of the molecule is CCCCN(CCCNC)C(=O)CN1C[C@H](c2ccc3c(c2)OCO3)C(C(=O)O)[C@@H]1CCN1CCCCC1=O. The first-order valence-electron chi connectivity index (χ1n) is 14.5. The van der Waals surface area contributed by atoms with Gasteiger partial charge in [-0.2, -0.15) is 0 Å². The highest BCUT2D eigenvalue weighted by Crippen LogP contribution is 2.42. The number of benzene rings is 1. The lowest BCUT2D eigenvalue weighted by Crippen LogP contribution is -2.46. The highest BCUT2D eigenvalue weighted by atomic mass is 16.7. The summed E-state index contributed by atoms with van der Waals surface area (Å²) in [5.41, 5.74) is 0.873. The quantitative estimate of drug-likeness (QED) is 0.344. The van der Waals surface area contributed by atoms with Crippen molar-refractivity contribution in [2.24, 2.45) is 5.92 Å². The van der Waals surface area contributed by atoms with Gasteiger partial charge < -0.3 is 29.7 Å². The molecule has 1 unspecified atom stereocenters. The number of likely N-dealkylation sites (tertiary alicyclic amines) is 2. The summed E-state index contributed by atoms with van der Waals surface area (Å²) < 4.78 is 11.0. The summed E-state index contributed by atoms with van der Waals surface area (Å²) >= 11 is 0. The maximum Gasteiger partial charge on any atom is 0.308 e. The highest BCUT2D eigenvalue weighted by Gasteiger charge is 2.47.